The van der Waals surface area contributed by atoms with Crippen molar-refractivity contribution >= 4 is 5.97 Å². The molecule has 2 rings (SSSR count). The van der Waals surface area contributed by atoms with Crippen LogP contribution in [0.15, 0.2) is 4.52 Å². The second kappa shape index (κ2) is 4.61. The minimum atomic E-state index is -0.542. The first-order chi connectivity index (χ1) is 7.70. The van der Waals surface area contributed by atoms with Gasteiger partial charge in [0.15, 0.2) is 0 Å². The molecule has 1 aromatic heterocycles. The quantitative estimate of drug-likeness (QED) is 0.766. The highest BCUT2D eigenvalue weighted by molar-refractivity contribution is 5.84. The second-order valence-electron chi connectivity index (χ2n) is 3.95. The van der Waals surface area contributed by atoms with Crippen LogP contribution < -0.4 is 5.73 Å². The zero-order valence-electron chi connectivity index (χ0n) is 9.18. The van der Waals surface area contributed by atoms with Crippen molar-refractivity contribution in [2.75, 3.05) is 6.61 Å². The molecule has 0 bridgehead atoms. The summed E-state index contributed by atoms with van der Waals surface area (Å²) in [6.45, 7) is 2.03. The van der Waals surface area contributed by atoms with E-state index in [0.717, 1.165) is 19.3 Å². The van der Waals surface area contributed by atoms with E-state index in [-0.39, 0.29) is 17.8 Å². The summed E-state index contributed by atoms with van der Waals surface area (Å²) in [5, 5.41) is 3.60. The highest BCUT2D eigenvalue weighted by Crippen LogP contribution is 2.32. The van der Waals surface area contributed by atoms with Gasteiger partial charge < -0.3 is 15.0 Å². The molecule has 0 spiro atoms. The standard InChI is InChI=1S/C10H15N3O3/c1-2-15-10(14)8-12-9(16-13-8)6-3-4-7(11)5-6/h6-7H,2-5,11H2,1H3/t6-,7+/m1/s1. The van der Waals surface area contributed by atoms with Crippen molar-refractivity contribution in [1.82, 2.24) is 10.1 Å². The Hall–Kier alpha value is -1.43. The van der Waals surface area contributed by atoms with Gasteiger partial charge in [-0.1, -0.05) is 0 Å². The molecular weight excluding hydrogens is 210 g/mol. The molecule has 1 saturated carbocycles. The van der Waals surface area contributed by atoms with Gasteiger partial charge in [-0.25, -0.2) is 4.79 Å². The normalized spacial score (nSPS) is 24.6. The fourth-order valence-electron chi connectivity index (χ4n) is 1.92. The van der Waals surface area contributed by atoms with Gasteiger partial charge in [0.25, 0.3) is 5.82 Å². The first-order valence-electron chi connectivity index (χ1n) is 5.47. The van der Waals surface area contributed by atoms with Crippen molar-refractivity contribution < 1.29 is 14.1 Å². The van der Waals surface area contributed by atoms with Crippen molar-refractivity contribution in [3.05, 3.63) is 11.7 Å². The van der Waals surface area contributed by atoms with Crippen LogP contribution in [0.3, 0.4) is 0 Å². The van der Waals surface area contributed by atoms with Crippen LogP contribution in [0.5, 0.6) is 0 Å². The van der Waals surface area contributed by atoms with Crippen LogP contribution in [0.1, 0.15) is 48.6 Å². The molecule has 88 valence electrons. The third-order valence-electron chi connectivity index (χ3n) is 2.72. The van der Waals surface area contributed by atoms with Gasteiger partial charge in [-0.3, -0.25) is 0 Å². The summed E-state index contributed by atoms with van der Waals surface area (Å²) in [6.07, 6.45) is 2.73. The van der Waals surface area contributed by atoms with Crippen molar-refractivity contribution in [1.29, 1.82) is 0 Å². The average molecular weight is 225 g/mol. The molecular formula is C10H15N3O3. The SMILES string of the molecule is CCOC(=O)c1noc([C@@H]2CC[C@H](N)C2)n1. The lowest BCUT2D eigenvalue weighted by atomic mass is 10.1. The number of hydrogen-bond acceptors (Lipinski definition) is 6. The Labute approximate surface area is 93.1 Å². The van der Waals surface area contributed by atoms with E-state index in [1.165, 1.54) is 0 Å². The molecule has 2 N–H and O–H groups in total. The van der Waals surface area contributed by atoms with E-state index in [2.05, 4.69) is 10.1 Å². The van der Waals surface area contributed by atoms with Crippen LogP contribution in [0.2, 0.25) is 0 Å². The number of esters is 1. The molecule has 6 nitrogen and oxygen atoms in total. The first kappa shape index (κ1) is 11.1. The van der Waals surface area contributed by atoms with Crippen molar-refractivity contribution in [3.8, 4) is 0 Å². The van der Waals surface area contributed by atoms with Gasteiger partial charge in [-0.15, -0.1) is 0 Å². The van der Waals surface area contributed by atoms with Gasteiger partial charge in [0, 0.05) is 12.0 Å². The largest absolute Gasteiger partial charge is 0.460 e. The van der Waals surface area contributed by atoms with Crippen LogP contribution in [0.4, 0.5) is 0 Å². The monoisotopic (exact) mass is 225 g/mol. The summed E-state index contributed by atoms with van der Waals surface area (Å²) in [6, 6.07) is 0.197. The molecule has 1 aromatic rings. The van der Waals surface area contributed by atoms with Crippen molar-refractivity contribution in [3.63, 3.8) is 0 Å². The molecule has 0 unspecified atom stereocenters. The highest BCUT2D eigenvalue weighted by Gasteiger charge is 2.29. The molecule has 0 radical (unpaired) electrons. The first-order valence-corrected chi connectivity index (χ1v) is 5.47. The topological polar surface area (TPSA) is 91.2 Å². The number of aromatic nitrogens is 2. The van der Waals surface area contributed by atoms with Gasteiger partial charge in [0.05, 0.1) is 6.61 Å². The van der Waals surface area contributed by atoms with E-state index in [1.54, 1.807) is 6.92 Å². The minimum absolute atomic E-state index is 0.00248. The summed E-state index contributed by atoms with van der Waals surface area (Å²) in [5.41, 5.74) is 5.80. The number of carbonyl (C=O) groups excluding carboxylic acids is 1. The maximum absolute atomic E-state index is 11.3. The Morgan fingerprint density at radius 2 is 2.44 bits per heavy atom. The zero-order valence-corrected chi connectivity index (χ0v) is 9.18. The van der Waals surface area contributed by atoms with E-state index in [9.17, 15) is 4.79 Å². The second-order valence-corrected chi connectivity index (χ2v) is 3.95. The summed E-state index contributed by atoms with van der Waals surface area (Å²) in [5.74, 6) is 0.138. The molecule has 0 aliphatic heterocycles. The molecule has 0 aromatic carbocycles. The van der Waals surface area contributed by atoms with Gasteiger partial charge in [-0.05, 0) is 31.3 Å². The van der Waals surface area contributed by atoms with Crippen LogP contribution in [0, 0.1) is 0 Å². The third-order valence-corrected chi connectivity index (χ3v) is 2.72. The van der Waals surface area contributed by atoms with E-state index >= 15 is 0 Å². The van der Waals surface area contributed by atoms with E-state index in [1.807, 2.05) is 0 Å². The van der Waals surface area contributed by atoms with Crippen LogP contribution in [-0.4, -0.2) is 28.8 Å². The number of ether oxygens (including phenoxy) is 1. The van der Waals surface area contributed by atoms with E-state index in [0.29, 0.717) is 12.5 Å². The minimum Gasteiger partial charge on any atom is -0.460 e. The fourth-order valence-corrected chi connectivity index (χ4v) is 1.92. The fraction of sp³-hybridized carbons (Fsp3) is 0.700. The number of nitrogens with two attached hydrogens (primary N) is 1. The van der Waals surface area contributed by atoms with Crippen molar-refractivity contribution in [2.45, 2.75) is 38.1 Å². The Bertz CT molecular complexity index is 377. The molecule has 6 heteroatoms. The molecule has 1 heterocycles. The number of nitrogens with zero attached hydrogens (tertiary/aromatic N) is 2. The lowest BCUT2D eigenvalue weighted by molar-refractivity contribution is 0.0508. The Morgan fingerprint density at radius 1 is 1.62 bits per heavy atom. The van der Waals surface area contributed by atoms with Crippen LogP contribution in [-0.2, 0) is 4.74 Å². The molecule has 16 heavy (non-hydrogen) atoms. The molecule has 1 fully saturated rings. The van der Waals surface area contributed by atoms with Gasteiger partial charge in [-0.2, -0.15) is 4.98 Å². The lowest BCUT2D eigenvalue weighted by Gasteiger charge is -2.01. The number of rotatable bonds is 3. The molecule has 0 saturated heterocycles. The Morgan fingerprint density at radius 3 is 3.06 bits per heavy atom. The number of carbonyl (C=O) groups is 1. The maximum Gasteiger partial charge on any atom is 0.379 e. The molecule has 2 atom stereocenters. The maximum atomic E-state index is 11.3. The zero-order chi connectivity index (χ0) is 11.5. The van der Waals surface area contributed by atoms with E-state index < -0.39 is 5.97 Å². The lowest BCUT2D eigenvalue weighted by Crippen LogP contribution is -2.14. The van der Waals surface area contributed by atoms with Crippen molar-refractivity contribution in [2.24, 2.45) is 5.73 Å². The van der Waals surface area contributed by atoms with E-state index in [4.69, 9.17) is 15.0 Å². The third kappa shape index (κ3) is 2.21. The number of hydrogen-bond donors (Lipinski definition) is 1. The molecule has 1 aliphatic carbocycles. The average Bonchev–Trinajstić information content (AvgIpc) is 2.85. The predicted octanol–water partition coefficient (Wildman–Crippen LogP) is 0.841. The van der Waals surface area contributed by atoms with Gasteiger partial charge in [0.1, 0.15) is 0 Å². The van der Waals surface area contributed by atoms with Gasteiger partial charge in [0.2, 0.25) is 5.89 Å². The Balaban J connectivity index is 2.04. The summed E-state index contributed by atoms with van der Waals surface area (Å²) in [4.78, 5) is 15.3. The molecule has 0 amide bonds. The summed E-state index contributed by atoms with van der Waals surface area (Å²) < 4.78 is 9.82. The Kier molecular flexibility index (Phi) is 3.19. The highest BCUT2D eigenvalue weighted by atomic mass is 16.5. The summed E-state index contributed by atoms with van der Waals surface area (Å²) in [7, 11) is 0. The van der Waals surface area contributed by atoms with Crippen LogP contribution >= 0.6 is 0 Å². The van der Waals surface area contributed by atoms with Crippen LogP contribution in [0.25, 0.3) is 0 Å². The smallest absolute Gasteiger partial charge is 0.379 e. The van der Waals surface area contributed by atoms with Gasteiger partial charge >= 0.3 is 5.97 Å². The summed E-state index contributed by atoms with van der Waals surface area (Å²) >= 11 is 0. The predicted molar refractivity (Wildman–Crippen MR) is 54.8 cm³/mol. The molecule has 1 aliphatic rings.